The summed E-state index contributed by atoms with van der Waals surface area (Å²) in [6, 6.07) is 8.10. The van der Waals surface area contributed by atoms with E-state index in [1.54, 1.807) is 0 Å². The highest BCUT2D eigenvalue weighted by Crippen LogP contribution is 2.20. The lowest BCUT2D eigenvalue weighted by atomic mass is 10.0. The Balaban J connectivity index is 2.50. The van der Waals surface area contributed by atoms with Crippen molar-refractivity contribution < 1.29 is 5.11 Å². The molecule has 0 radical (unpaired) electrons. The number of aryl methyl sites for hydroxylation is 1. The summed E-state index contributed by atoms with van der Waals surface area (Å²) in [5.41, 5.74) is 2.25. The number of aliphatic hydroxyl groups excluding tert-OH is 1. The summed E-state index contributed by atoms with van der Waals surface area (Å²) in [7, 11) is 0. The smallest absolute Gasteiger partial charge is 0.0804 e. The van der Waals surface area contributed by atoms with Gasteiger partial charge in [-0.3, -0.25) is 0 Å². The van der Waals surface area contributed by atoms with Crippen molar-refractivity contribution in [2.45, 2.75) is 40.2 Å². The van der Waals surface area contributed by atoms with Gasteiger partial charge in [-0.1, -0.05) is 45.0 Å². The maximum atomic E-state index is 10.3. The van der Waals surface area contributed by atoms with Crippen LogP contribution in [0.25, 0.3) is 0 Å². The summed E-state index contributed by atoms with van der Waals surface area (Å²) in [4.78, 5) is 2.41. The van der Waals surface area contributed by atoms with Gasteiger partial charge >= 0.3 is 0 Å². The third kappa shape index (κ3) is 4.79. The fourth-order valence-corrected chi connectivity index (χ4v) is 2.32. The molecule has 0 amide bonds. The Hall–Kier alpha value is -0.860. The SMILES string of the molecule is CCN(CCC(O)c1ccccc1C)CC(C)C. The minimum Gasteiger partial charge on any atom is -0.388 e. The van der Waals surface area contributed by atoms with E-state index in [-0.39, 0.29) is 6.10 Å². The Morgan fingerprint density at radius 1 is 1.22 bits per heavy atom. The zero-order valence-electron chi connectivity index (χ0n) is 12.2. The van der Waals surface area contributed by atoms with Crippen molar-refractivity contribution in [3.8, 4) is 0 Å². The van der Waals surface area contributed by atoms with E-state index in [0.717, 1.165) is 31.6 Å². The third-order valence-corrected chi connectivity index (χ3v) is 3.34. The van der Waals surface area contributed by atoms with Gasteiger partial charge in [-0.2, -0.15) is 0 Å². The molecule has 0 aromatic heterocycles. The van der Waals surface area contributed by atoms with E-state index in [4.69, 9.17) is 0 Å². The molecule has 2 heteroatoms. The van der Waals surface area contributed by atoms with Crippen molar-refractivity contribution in [3.63, 3.8) is 0 Å². The van der Waals surface area contributed by atoms with Crippen molar-refractivity contribution in [3.05, 3.63) is 35.4 Å². The van der Waals surface area contributed by atoms with Gasteiger partial charge in [0.05, 0.1) is 6.10 Å². The van der Waals surface area contributed by atoms with Crippen LogP contribution in [0.4, 0.5) is 0 Å². The molecule has 0 saturated heterocycles. The molecule has 0 aliphatic carbocycles. The van der Waals surface area contributed by atoms with Crippen LogP contribution in [0.1, 0.15) is 44.4 Å². The fraction of sp³-hybridized carbons (Fsp3) is 0.625. The first-order valence-corrected chi connectivity index (χ1v) is 7.00. The van der Waals surface area contributed by atoms with Gasteiger partial charge in [0.25, 0.3) is 0 Å². The van der Waals surface area contributed by atoms with Crippen LogP contribution in [-0.2, 0) is 0 Å². The Bertz CT molecular complexity index is 349. The monoisotopic (exact) mass is 249 g/mol. The van der Waals surface area contributed by atoms with Crippen LogP contribution in [0.3, 0.4) is 0 Å². The van der Waals surface area contributed by atoms with E-state index in [1.165, 1.54) is 5.56 Å². The molecular weight excluding hydrogens is 222 g/mol. The van der Waals surface area contributed by atoms with E-state index < -0.39 is 0 Å². The second-order valence-electron chi connectivity index (χ2n) is 5.45. The van der Waals surface area contributed by atoms with Gasteiger partial charge in [0.1, 0.15) is 0 Å². The number of benzene rings is 1. The van der Waals surface area contributed by atoms with Gasteiger partial charge in [0.2, 0.25) is 0 Å². The quantitative estimate of drug-likeness (QED) is 0.800. The lowest BCUT2D eigenvalue weighted by molar-refractivity contribution is 0.139. The number of nitrogens with zero attached hydrogens (tertiary/aromatic N) is 1. The van der Waals surface area contributed by atoms with Gasteiger partial charge in [-0.25, -0.2) is 0 Å². The molecule has 102 valence electrons. The molecule has 18 heavy (non-hydrogen) atoms. The Kier molecular flexibility index (Phi) is 6.37. The molecule has 0 aliphatic rings. The summed E-state index contributed by atoms with van der Waals surface area (Å²) in [5.74, 6) is 0.681. The molecule has 1 aromatic rings. The molecule has 0 aliphatic heterocycles. The Morgan fingerprint density at radius 2 is 1.89 bits per heavy atom. The van der Waals surface area contributed by atoms with E-state index in [2.05, 4.69) is 38.7 Å². The van der Waals surface area contributed by atoms with Crippen LogP contribution in [-0.4, -0.2) is 29.6 Å². The molecule has 1 N–H and O–H groups in total. The standard InChI is InChI=1S/C16H27NO/c1-5-17(12-13(2)3)11-10-16(18)15-9-7-6-8-14(15)4/h6-9,13,16,18H,5,10-12H2,1-4H3. The number of rotatable bonds is 7. The highest BCUT2D eigenvalue weighted by Gasteiger charge is 2.12. The van der Waals surface area contributed by atoms with Gasteiger partial charge in [0.15, 0.2) is 0 Å². The average Bonchev–Trinajstić information content (AvgIpc) is 2.34. The highest BCUT2D eigenvalue weighted by atomic mass is 16.3. The van der Waals surface area contributed by atoms with Gasteiger partial charge in [0, 0.05) is 13.1 Å². The maximum Gasteiger partial charge on any atom is 0.0804 e. The van der Waals surface area contributed by atoms with E-state index in [0.29, 0.717) is 5.92 Å². The molecule has 2 nitrogen and oxygen atoms in total. The summed E-state index contributed by atoms with van der Waals surface area (Å²) >= 11 is 0. The first-order valence-electron chi connectivity index (χ1n) is 7.00. The van der Waals surface area contributed by atoms with Crippen LogP contribution in [0, 0.1) is 12.8 Å². The van der Waals surface area contributed by atoms with Crippen molar-refractivity contribution >= 4 is 0 Å². The number of hydrogen-bond acceptors (Lipinski definition) is 2. The predicted molar refractivity (Wildman–Crippen MR) is 77.7 cm³/mol. The van der Waals surface area contributed by atoms with Crippen molar-refractivity contribution in [1.82, 2.24) is 4.90 Å². The number of hydrogen-bond donors (Lipinski definition) is 1. The topological polar surface area (TPSA) is 23.5 Å². The van der Waals surface area contributed by atoms with Gasteiger partial charge < -0.3 is 10.0 Å². The molecule has 0 spiro atoms. The van der Waals surface area contributed by atoms with Crippen LogP contribution in [0.2, 0.25) is 0 Å². The first kappa shape index (κ1) is 15.2. The minimum atomic E-state index is -0.340. The molecule has 0 heterocycles. The summed E-state index contributed by atoms with van der Waals surface area (Å²) in [6.45, 7) is 11.8. The lowest BCUT2D eigenvalue weighted by Crippen LogP contribution is -2.29. The van der Waals surface area contributed by atoms with Crippen molar-refractivity contribution in [2.24, 2.45) is 5.92 Å². The second kappa shape index (κ2) is 7.55. The van der Waals surface area contributed by atoms with Crippen molar-refractivity contribution in [1.29, 1.82) is 0 Å². The second-order valence-corrected chi connectivity index (χ2v) is 5.45. The fourth-order valence-electron chi connectivity index (χ4n) is 2.32. The minimum absolute atomic E-state index is 0.340. The Morgan fingerprint density at radius 3 is 2.44 bits per heavy atom. The first-order chi connectivity index (χ1) is 8.54. The zero-order chi connectivity index (χ0) is 13.5. The molecule has 1 atom stereocenters. The molecule has 0 fully saturated rings. The summed E-state index contributed by atoms with van der Waals surface area (Å²) < 4.78 is 0. The van der Waals surface area contributed by atoms with Crippen LogP contribution in [0.15, 0.2) is 24.3 Å². The molecule has 0 bridgehead atoms. The van der Waals surface area contributed by atoms with Gasteiger partial charge in [-0.05, 0) is 36.9 Å². The van der Waals surface area contributed by atoms with Crippen LogP contribution in [0.5, 0.6) is 0 Å². The van der Waals surface area contributed by atoms with Crippen LogP contribution < -0.4 is 0 Å². The molecule has 0 saturated carbocycles. The maximum absolute atomic E-state index is 10.3. The largest absolute Gasteiger partial charge is 0.388 e. The molecule has 1 rings (SSSR count). The molecular formula is C16H27NO. The van der Waals surface area contributed by atoms with E-state index in [9.17, 15) is 5.11 Å². The van der Waals surface area contributed by atoms with Gasteiger partial charge in [-0.15, -0.1) is 0 Å². The van der Waals surface area contributed by atoms with E-state index >= 15 is 0 Å². The van der Waals surface area contributed by atoms with Crippen LogP contribution >= 0.6 is 0 Å². The van der Waals surface area contributed by atoms with E-state index in [1.807, 2.05) is 18.2 Å². The molecule has 1 aromatic carbocycles. The highest BCUT2D eigenvalue weighted by molar-refractivity contribution is 5.27. The summed E-state index contributed by atoms with van der Waals surface area (Å²) in [6.07, 6.45) is 0.471. The number of aliphatic hydroxyl groups is 1. The lowest BCUT2D eigenvalue weighted by Gasteiger charge is -2.24. The zero-order valence-corrected chi connectivity index (χ0v) is 12.2. The predicted octanol–water partition coefficient (Wildman–Crippen LogP) is 3.40. The van der Waals surface area contributed by atoms with Crippen molar-refractivity contribution in [2.75, 3.05) is 19.6 Å². The average molecular weight is 249 g/mol. The third-order valence-electron chi connectivity index (χ3n) is 3.34. The molecule has 1 unspecified atom stereocenters. The summed E-state index contributed by atoms with van der Waals surface area (Å²) in [5, 5.41) is 10.3. The Labute approximate surface area is 112 Å². The normalized spacial score (nSPS) is 13.3.